The Bertz CT molecular complexity index is 402. The third-order valence-electron chi connectivity index (χ3n) is 3.93. The van der Waals surface area contributed by atoms with Gasteiger partial charge in [-0.25, -0.2) is 0 Å². The Hall–Kier alpha value is -1.10. The molecule has 0 fully saturated rings. The third-order valence-corrected chi connectivity index (χ3v) is 3.93. The number of fused-ring (bicyclic) bond motifs is 1. The van der Waals surface area contributed by atoms with Gasteiger partial charge in [0.15, 0.2) is 0 Å². The van der Waals surface area contributed by atoms with Crippen LogP contribution in [0.5, 0.6) is 0 Å². The lowest BCUT2D eigenvalue weighted by molar-refractivity contribution is 0.0808. The highest BCUT2D eigenvalue weighted by Gasteiger charge is 2.23. The molecule has 1 aromatic carbocycles. The number of para-hydroxylation sites is 1. The van der Waals surface area contributed by atoms with Crippen molar-refractivity contribution in [1.82, 2.24) is 4.90 Å². The van der Waals surface area contributed by atoms with Crippen molar-refractivity contribution in [1.29, 1.82) is 0 Å². The van der Waals surface area contributed by atoms with Gasteiger partial charge in [0.1, 0.15) is 0 Å². The lowest BCUT2D eigenvalue weighted by Gasteiger charge is -2.25. The number of benzene rings is 1. The van der Waals surface area contributed by atoms with Gasteiger partial charge in [-0.3, -0.25) is 4.90 Å². The first kappa shape index (κ1) is 16.3. The summed E-state index contributed by atoms with van der Waals surface area (Å²) < 4.78 is 11.0. The van der Waals surface area contributed by atoms with E-state index in [2.05, 4.69) is 34.5 Å². The van der Waals surface area contributed by atoms with E-state index in [1.807, 2.05) is 13.8 Å². The van der Waals surface area contributed by atoms with Crippen molar-refractivity contribution < 1.29 is 9.47 Å². The Morgan fingerprint density at radius 2 is 1.76 bits per heavy atom. The van der Waals surface area contributed by atoms with Crippen LogP contribution in [0.25, 0.3) is 0 Å². The molecule has 0 radical (unpaired) electrons. The fourth-order valence-electron chi connectivity index (χ4n) is 2.80. The minimum atomic E-state index is 0.560. The molecule has 0 aliphatic carbocycles. The topological polar surface area (TPSA) is 33.7 Å². The van der Waals surface area contributed by atoms with E-state index in [1.165, 1.54) is 11.3 Å². The van der Waals surface area contributed by atoms with E-state index < -0.39 is 0 Å². The molecule has 0 amide bonds. The highest BCUT2D eigenvalue weighted by atomic mass is 16.5. The summed E-state index contributed by atoms with van der Waals surface area (Å²) in [6, 6.07) is 8.63. The van der Waals surface area contributed by atoms with Crippen molar-refractivity contribution in [3.05, 3.63) is 29.8 Å². The standard InChI is InChI=1S/C17H28N2O2/c1-3-20-11-9-19(10-12-21-4-2)14-15-13-18-17-8-6-5-7-16(15)17/h5-8,15,18H,3-4,9-14H2,1-2H3. The molecule has 0 saturated heterocycles. The van der Waals surface area contributed by atoms with E-state index >= 15 is 0 Å². The molecule has 0 saturated carbocycles. The van der Waals surface area contributed by atoms with Crippen molar-refractivity contribution in [3.63, 3.8) is 0 Å². The van der Waals surface area contributed by atoms with Crippen molar-refractivity contribution in [2.75, 3.05) is 57.9 Å². The van der Waals surface area contributed by atoms with Gasteiger partial charge in [0.2, 0.25) is 0 Å². The number of anilines is 1. The quantitative estimate of drug-likeness (QED) is 0.672. The van der Waals surface area contributed by atoms with E-state index in [9.17, 15) is 0 Å². The first-order valence-corrected chi connectivity index (χ1v) is 8.05. The predicted molar refractivity (Wildman–Crippen MR) is 87.1 cm³/mol. The van der Waals surface area contributed by atoms with E-state index in [-0.39, 0.29) is 0 Å². The summed E-state index contributed by atoms with van der Waals surface area (Å²) >= 11 is 0. The Morgan fingerprint density at radius 3 is 2.43 bits per heavy atom. The first-order chi connectivity index (χ1) is 10.3. The minimum absolute atomic E-state index is 0.560. The number of nitrogens with one attached hydrogen (secondary N) is 1. The van der Waals surface area contributed by atoms with Crippen LogP contribution in [0.15, 0.2) is 24.3 Å². The highest BCUT2D eigenvalue weighted by molar-refractivity contribution is 5.57. The van der Waals surface area contributed by atoms with Gasteiger partial charge < -0.3 is 14.8 Å². The van der Waals surface area contributed by atoms with Gasteiger partial charge in [0.05, 0.1) is 13.2 Å². The predicted octanol–water partition coefficient (Wildman–Crippen LogP) is 2.57. The summed E-state index contributed by atoms with van der Waals surface area (Å²) in [5.41, 5.74) is 2.73. The van der Waals surface area contributed by atoms with Crippen LogP contribution in [0.4, 0.5) is 5.69 Å². The van der Waals surface area contributed by atoms with Gasteiger partial charge in [-0.2, -0.15) is 0 Å². The van der Waals surface area contributed by atoms with Crippen molar-refractivity contribution >= 4 is 5.69 Å². The van der Waals surface area contributed by atoms with Crippen LogP contribution in [-0.4, -0.2) is 57.5 Å². The van der Waals surface area contributed by atoms with Crippen LogP contribution in [0.3, 0.4) is 0 Å². The van der Waals surface area contributed by atoms with Gasteiger partial charge in [0.25, 0.3) is 0 Å². The fourth-order valence-corrected chi connectivity index (χ4v) is 2.80. The van der Waals surface area contributed by atoms with Crippen LogP contribution in [0, 0.1) is 0 Å². The summed E-state index contributed by atoms with van der Waals surface area (Å²) in [7, 11) is 0. The molecule has 0 aromatic heterocycles. The molecule has 1 aromatic rings. The molecular weight excluding hydrogens is 264 g/mol. The summed E-state index contributed by atoms with van der Waals surface area (Å²) in [6.45, 7) is 11.3. The van der Waals surface area contributed by atoms with Crippen molar-refractivity contribution in [2.45, 2.75) is 19.8 Å². The van der Waals surface area contributed by atoms with E-state index in [0.29, 0.717) is 5.92 Å². The molecule has 21 heavy (non-hydrogen) atoms. The van der Waals surface area contributed by atoms with Crippen molar-refractivity contribution in [3.8, 4) is 0 Å². The zero-order chi connectivity index (χ0) is 14.9. The normalized spacial score (nSPS) is 17.0. The van der Waals surface area contributed by atoms with Gasteiger partial charge in [-0.05, 0) is 25.5 Å². The highest BCUT2D eigenvalue weighted by Crippen LogP contribution is 2.31. The SMILES string of the molecule is CCOCCN(CCOCC)CC1CNc2ccccc21. The summed E-state index contributed by atoms with van der Waals surface area (Å²) in [4.78, 5) is 2.46. The molecule has 1 aliphatic rings. The molecule has 1 N–H and O–H groups in total. The number of hydrogen-bond acceptors (Lipinski definition) is 4. The maximum atomic E-state index is 5.51. The molecule has 2 rings (SSSR count). The zero-order valence-electron chi connectivity index (χ0n) is 13.3. The van der Waals surface area contributed by atoms with Gasteiger partial charge in [-0.15, -0.1) is 0 Å². The fraction of sp³-hybridized carbons (Fsp3) is 0.647. The van der Waals surface area contributed by atoms with Crippen LogP contribution in [-0.2, 0) is 9.47 Å². The van der Waals surface area contributed by atoms with Crippen molar-refractivity contribution in [2.24, 2.45) is 0 Å². The maximum absolute atomic E-state index is 5.51. The molecule has 118 valence electrons. The van der Waals surface area contributed by atoms with Crippen LogP contribution in [0.1, 0.15) is 25.3 Å². The summed E-state index contributed by atoms with van der Waals surface area (Å²) in [5.74, 6) is 0.560. The lowest BCUT2D eigenvalue weighted by Crippen LogP contribution is -2.35. The second-order valence-electron chi connectivity index (χ2n) is 5.36. The molecule has 4 heteroatoms. The monoisotopic (exact) mass is 292 g/mol. The molecule has 1 aliphatic heterocycles. The second-order valence-corrected chi connectivity index (χ2v) is 5.36. The van der Waals surface area contributed by atoms with Gasteiger partial charge in [-0.1, -0.05) is 18.2 Å². The molecule has 0 spiro atoms. The minimum Gasteiger partial charge on any atom is -0.384 e. The van der Waals surface area contributed by atoms with Crippen LogP contribution >= 0.6 is 0 Å². The smallest absolute Gasteiger partial charge is 0.0593 e. The van der Waals surface area contributed by atoms with Crippen LogP contribution in [0.2, 0.25) is 0 Å². The zero-order valence-corrected chi connectivity index (χ0v) is 13.3. The Balaban J connectivity index is 1.88. The Morgan fingerprint density at radius 1 is 1.10 bits per heavy atom. The number of ether oxygens (including phenoxy) is 2. The first-order valence-electron chi connectivity index (χ1n) is 8.05. The molecule has 4 nitrogen and oxygen atoms in total. The number of nitrogens with zero attached hydrogens (tertiary/aromatic N) is 1. The van der Waals surface area contributed by atoms with Gasteiger partial charge >= 0.3 is 0 Å². The lowest BCUT2D eigenvalue weighted by atomic mass is 10.0. The van der Waals surface area contributed by atoms with E-state index in [0.717, 1.165) is 52.6 Å². The summed E-state index contributed by atoms with van der Waals surface area (Å²) in [5, 5.41) is 3.50. The van der Waals surface area contributed by atoms with Crippen LogP contribution < -0.4 is 5.32 Å². The molecule has 1 atom stereocenters. The van der Waals surface area contributed by atoms with E-state index in [4.69, 9.17) is 9.47 Å². The summed E-state index contributed by atoms with van der Waals surface area (Å²) in [6.07, 6.45) is 0. The average Bonchev–Trinajstić information content (AvgIpc) is 2.91. The number of rotatable bonds is 10. The van der Waals surface area contributed by atoms with E-state index in [1.54, 1.807) is 0 Å². The molecule has 1 heterocycles. The average molecular weight is 292 g/mol. The Labute approximate surface area is 128 Å². The maximum Gasteiger partial charge on any atom is 0.0593 e. The molecular formula is C17H28N2O2. The Kier molecular flexibility index (Phi) is 7.00. The third kappa shape index (κ3) is 4.99. The largest absolute Gasteiger partial charge is 0.384 e. The second kappa shape index (κ2) is 9.03. The molecule has 0 bridgehead atoms. The number of hydrogen-bond donors (Lipinski definition) is 1. The van der Waals surface area contributed by atoms with Gasteiger partial charge in [0, 0.05) is 51.0 Å². The molecule has 1 unspecified atom stereocenters.